The molecule has 5 N–H and O–H groups in total. The summed E-state index contributed by atoms with van der Waals surface area (Å²) in [6.45, 7) is 4.21. The van der Waals surface area contributed by atoms with Crippen LogP contribution in [0.2, 0.25) is 0 Å². The van der Waals surface area contributed by atoms with E-state index in [2.05, 4.69) is 28.8 Å². The molecule has 31 heteroatoms. The number of alkyl halides is 1. The number of phosphoric acid groups is 3. The van der Waals surface area contributed by atoms with Crippen molar-refractivity contribution < 1.29 is 68.6 Å². The average molecular weight is 1260 g/mol. The second-order valence-corrected chi connectivity index (χ2v) is 27.5. The second kappa shape index (κ2) is 34.2. The highest BCUT2D eigenvalue weighted by atomic mass is 32.2. The summed E-state index contributed by atoms with van der Waals surface area (Å²) in [5.74, 6) is 0.192. The molecular weight excluding hydrogens is 1170 g/mol. The molecule has 3 aliphatic heterocycles. The molecule has 3 aromatic heterocycles. The number of nitrogens with zero attached hydrogens (tertiary/aromatic N) is 4. The maximum absolute atomic E-state index is 15.9. The van der Waals surface area contributed by atoms with Gasteiger partial charge < -0.3 is 25.1 Å². The van der Waals surface area contributed by atoms with E-state index in [0.29, 0.717) is 19.3 Å². The molecule has 6 rings (SSSR count). The SMILES string of the molecule is CCCCCCCCCCCCOP(=O)(OC[C@@H]1O[C@H](n2ccc(N)nc2=O)CS1)OP(=O)(O[C@H]1C[C@H](n2cc(C)c(=O)[nH]c2=O)O[C@@H]1CO)OP(=O)(OCCCCCCCCCCCC)OC[C@H]1O[C@@H](n2cc(C)c(=O)[nH]c2=O)C[C@@H]1F. The Bertz CT molecular complexity index is 2950. The van der Waals surface area contributed by atoms with Crippen LogP contribution >= 0.6 is 35.2 Å². The van der Waals surface area contributed by atoms with Crippen molar-refractivity contribution in [1.29, 1.82) is 0 Å². The molecule has 83 heavy (non-hydrogen) atoms. The van der Waals surface area contributed by atoms with Gasteiger partial charge in [0.25, 0.3) is 11.1 Å². The van der Waals surface area contributed by atoms with E-state index in [1.54, 1.807) is 0 Å². The van der Waals surface area contributed by atoms with Crippen LogP contribution in [-0.2, 0) is 59.1 Å². The van der Waals surface area contributed by atoms with Crippen LogP contribution in [0.1, 0.15) is 185 Å². The zero-order chi connectivity index (χ0) is 60.0. The maximum atomic E-state index is 15.9. The molecule has 26 nitrogen and oxygen atoms in total. The summed E-state index contributed by atoms with van der Waals surface area (Å²) in [5.41, 5.74) is 1.21. The van der Waals surface area contributed by atoms with E-state index < -0.39 is 133 Å². The van der Waals surface area contributed by atoms with E-state index >= 15 is 18.1 Å². The van der Waals surface area contributed by atoms with Crippen LogP contribution in [0.5, 0.6) is 0 Å². The number of aryl methyl sites for hydroxylation is 2. The standard InChI is InChI=1S/C52H85FN7O19P3S/c1-5-7-9-11-13-15-17-19-21-23-27-70-80(67,72-34-42-39(53)29-44(75-42)59-31-37(3)48(62)56-51(59)65)78-82(69,77-40-30-45(74-41(40)33-61)60-32-38(4)49(63)57-52(60)66)79-81(68,71-28-24-22-20-18-16-14-12-10-8-6-2)73-35-47-76-46(36-83-47)58-26-25-43(54)55-50(58)64/h25-26,31-32,39-42,44-47,61H,5-24,27-30,33-36H2,1-4H3,(H2,54,55,64)(H,56,62,65)(H,57,63,66)/t39-,40-,41+,42+,44+,45+,46-,47+,80?,81?,82?/m0/s1. The highest BCUT2D eigenvalue weighted by molar-refractivity contribution is 8.00. The second-order valence-electron chi connectivity index (χ2n) is 21.1. The van der Waals surface area contributed by atoms with Crippen molar-refractivity contribution in [2.24, 2.45) is 0 Å². The van der Waals surface area contributed by atoms with Crippen LogP contribution in [0, 0.1) is 13.8 Å². The van der Waals surface area contributed by atoms with Gasteiger partial charge in [-0.2, -0.15) is 13.6 Å². The van der Waals surface area contributed by atoms with Gasteiger partial charge >= 0.3 is 40.5 Å². The smallest absolute Gasteiger partial charge is 0.394 e. The minimum absolute atomic E-state index is 0.00400. The van der Waals surface area contributed by atoms with Crippen LogP contribution in [0.3, 0.4) is 0 Å². The first-order valence-electron chi connectivity index (χ1n) is 29.1. The highest BCUT2D eigenvalue weighted by Crippen LogP contribution is 2.74. The van der Waals surface area contributed by atoms with Crippen molar-refractivity contribution in [2.45, 2.75) is 218 Å². The molecule has 6 heterocycles. The predicted molar refractivity (Wildman–Crippen MR) is 308 cm³/mol. The summed E-state index contributed by atoms with van der Waals surface area (Å²) >= 11 is 1.16. The number of phosphoric ester groups is 2. The molecule has 0 saturated carbocycles. The van der Waals surface area contributed by atoms with Gasteiger partial charge in [-0.25, -0.2) is 32.5 Å². The van der Waals surface area contributed by atoms with Crippen LogP contribution in [0.25, 0.3) is 0 Å². The molecule has 3 unspecified atom stereocenters. The quantitative estimate of drug-likeness (QED) is 0.0304. The number of nitrogen functional groups attached to an aromatic ring is 1. The van der Waals surface area contributed by atoms with Crippen LogP contribution in [-0.4, -0.2) is 102 Å². The third kappa shape index (κ3) is 21.7. The van der Waals surface area contributed by atoms with E-state index in [9.17, 15) is 29.1 Å². The summed E-state index contributed by atoms with van der Waals surface area (Å²) in [7, 11) is -16.5. The Morgan fingerprint density at radius 3 is 1.60 bits per heavy atom. The molecule has 3 saturated heterocycles. The fraction of sp³-hybridized carbons (Fsp3) is 0.769. The number of halogens is 1. The first-order chi connectivity index (χ1) is 39.8. The number of aliphatic hydroxyl groups excluding tert-OH is 1. The number of aromatic amines is 2. The Morgan fingerprint density at radius 1 is 0.639 bits per heavy atom. The number of rotatable bonds is 40. The van der Waals surface area contributed by atoms with Gasteiger partial charge in [0.1, 0.15) is 54.4 Å². The Labute approximate surface area is 486 Å². The third-order valence-electron chi connectivity index (χ3n) is 14.3. The van der Waals surface area contributed by atoms with Gasteiger partial charge in [0.2, 0.25) is 0 Å². The first-order valence-corrected chi connectivity index (χ1v) is 34.5. The van der Waals surface area contributed by atoms with Crippen LogP contribution in [0.15, 0.2) is 48.6 Å². The minimum Gasteiger partial charge on any atom is -0.394 e. The van der Waals surface area contributed by atoms with E-state index in [4.69, 9.17) is 51.2 Å². The number of ether oxygens (including phenoxy) is 3. The molecule has 0 aliphatic carbocycles. The van der Waals surface area contributed by atoms with E-state index in [-0.39, 0.29) is 42.3 Å². The van der Waals surface area contributed by atoms with Crippen LogP contribution in [0.4, 0.5) is 10.2 Å². The average Bonchev–Trinajstić information content (AvgIpc) is 4.38. The van der Waals surface area contributed by atoms with Gasteiger partial charge in [-0.05, 0) is 32.8 Å². The predicted octanol–water partition coefficient (Wildman–Crippen LogP) is 9.69. The Kier molecular flexibility index (Phi) is 28.3. The van der Waals surface area contributed by atoms with Crippen molar-refractivity contribution in [2.75, 3.05) is 44.5 Å². The molecule has 11 atom stereocenters. The van der Waals surface area contributed by atoms with Crippen molar-refractivity contribution in [3.8, 4) is 0 Å². The summed E-state index contributed by atoms with van der Waals surface area (Å²) in [6.07, 6.45) is 11.8. The van der Waals surface area contributed by atoms with Gasteiger partial charge in [-0.3, -0.25) is 55.9 Å². The fourth-order valence-electron chi connectivity index (χ4n) is 9.56. The normalized spacial score (nSPS) is 24.0. The number of nitrogens with two attached hydrogens (primary N) is 1. The van der Waals surface area contributed by atoms with E-state index in [1.165, 1.54) is 62.3 Å². The molecule has 0 spiro atoms. The number of hydrogen-bond donors (Lipinski definition) is 4. The third-order valence-corrected chi connectivity index (χ3v) is 21.0. The summed E-state index contributed by atoms with van der Waals surface area (Å²) in [4.78, 5) is 71.1. The number of H-pyrrole nitrogens is 2. The van der Waals surface area contributed by atoms with Gasteiger partial charge in [-0.1, -0.05) is 129 Å². The van der Waals surface area contributed by atoms with Crippen molar-refractivity contribution in [3.63, 3.8) is 0 Å². The van der Waals surface area contributed by atoms with Crippen LogP contribution < -0.4 is 33.9 Å². The summed E-state index contributed by atoms with van der Waals surface area (Å²) in [5, 5.41) is 10.6. The Hall–Kier alpha value is -3.43. The van der Waals surface area contributed by atoms with Gasteiger partial charge in [0.05, 0.1) is 33.0 Å². The van der Waals surface area contributed by atoms with Gasteiger partial charge in [0, 0.05) is 48.3 Å². The Morgan fingerprint density at radius 2 is 1.11 bits per heavy atom. The van der Waals surface area contributed by atoms with Crippen molar-refractivity contribution in [3.05, 3.63) is 87.9 Å². The molecule has 3 aliphatic rings. The maximum Gasteiger partial charge on any atom is 0.493 e. The van der Waals surface area contributed by atoms with Crippen molar-refractivity contribution in [1.82, 2.24) is 28.7 Å². The van der Waals surface area contributed by atoms with E-state index in [1.807, 2.05) is 0 Å². The lowest BCUT2D eigenvalue weighted by Gasteiger charge is -2.29. The molecule has 0 radical (unpaired) electrons. The number of anilines is 1. The number of hydrogen-bond acceptors (Lipinski definition) is 22. The lowest BCUT2D eigenvalue weighted by atomic mass is 10.1. The zero-order valence-electron chi connectivity index (χ0n) is 48.0. The monoisotopic (exact) mass is 1260 g/mol. The molecule has 3 aromatic rings. The lowest BCUT2D eigenvalue weighted by Crippen LogP contribution is -2.33. The summed E-state index contributed by atoms with van der Waals surface area (Å²) in [6, 6.07) is 1.41. The molecule has 0 amide bonds. The fourth-order valence-corrected chi connectivity index (χ4v) is 16.1. The molecular formula is C52H85FN7O19P3S. The zero-order valence-corrected chi connectivity index (χ0v) is 51.5. The number of thioether (sulfide) groups is 1. The Balaban J connectivity index is 1.28. The number of aromatic nitrogens is 6. The largest absolute Gasteiger partial charge is 0.493 e. The number of unbranched alkanes of at least 4 members (excludes halogenated alkanes) is 18. The minimum atomic E-state index is -5.85. The lowest BCUT2D eigenvalue weighted by molar-refractivity contribution is -0.0471. The van der Waals surface area contributed by atoms with Gasteiger partial charge in [0.15, 0.2) is 0 Å². The molecule has 470 valence electrons. The first kappa shape index (κ1) is 68.7. The molecule has 0 bridgehead atoms. The van der Waals surface area contributed by atoms with Crippen molar-refractivity contribution >= 4 is 41.0 Å². The van der Waals surface area contributed by atoms with Gasteiger partial charge in [-0.15, -0.1) is 11.8 Å². The summed E-state index contributed by atoms with van der Waals surface area (Å²) < 4.78 is 124. The number of nitrogens with one attached hydrogen (secondary N) is 2. The topological polar surface area (TPSA) is 334 Å². The molecule has 0 aromatic carbocycles. The molecule has 3 fully saturated rings. The number of aliphatic hydroxyl groups is 1. The highest BCUT2D eigenvalue weighted by Gasteiger charge is 2.53. The van der Waals surface area contributed by atoms with E-state index in [0.717, 1.165) is 104 Å².